The number of halogens is 1. The first-order chi connectivity index (χ1) is 8.61. The number of aryl methyl sites for hydroxylation is 1. The lowest BCUT2D eigenvalue weighted by molar-refractivity contribution is 0.626. The molecule has 0 fully saturated rings. The van der Waals surface area contributed by atoms with Crippen molar-refractivity contribution in [3.63, 3.8) is 0 Å². The van der Waals surface area contributed by atoms with Gasteiger partial charge in [-0.15, -0.1) is 10.2 Å². The summed E-state index contributed by atoms with van der Waals surface area (Å²) in [5.74, 6) is 0.975. The maximum absolute atomic E-state index is 13.1. The number of thioether (sulfide) groups is 1. The highest BCUT2D eigenvalue weighted by Gasteiger charge is 2.09. The van der Waals surface area contributed by atoms with Crippen LogP contribution in [0.15, 0.2) is 23.4 Å². The highest BCUT2D eigenvalue weighted by molar-refractivity contribution is 7.98. The third-order valence-electron chi connectivity index (χ3n) is 2.60. The average Bonchev–Trinajstić information content (AvgIpc) is 2.68. The molecule has 0 bridgehead atoms. The molecule has 18 heavy (non-hydrogen) atoms. The molecular formula is C12H11FN4S. The van der Waals surface area contributed by atoms with Gasteiger partial charge in [-0.3, -0.25) is 0 Å². The van der Waals surface area contributed by atoms with Crippen LogP contribution in [0, 0.1) is 24.1 Å². The Morgan fingerprint density at radius 3 is 2.83 bits per heavy atom. The van der Waals surface area contributed by atoms with Crippen LogP contribution < -0.4 is 0 Å². The van der Waals surface area contributed by atoms with Crippen molar-refractivity contribution in [1.29, 1.82) is 5.26 Å². The Labute approximate surface area is 108 Å². The van der Waals surface area contributed by atoms with Gasteiger partial charge in [0.05, 0.1) is 11.6 Å². The summed E-state index contributed by atoms with van der Waals surface area (Å²) in [7, 11) is 1.87. The van der Waals surface area contributed by atoms with Gasteiger partial charge in [0.1, 0.15) is 11.6 Å². The Hall–Kier alpha value is -1.87. The zero-order valence-corrected chi connectivity index (χ0v) is 10.8. The quantitative estimate of drug-likeness (QED) is 0.797. The fourth-order valence-electron chi connectivity index (χ4n) is 1.45. The van der Waals surface area contributed by atoms with E-state index in [-0.39, 0.29) is 5.82 Å². The smallest absolute Gasteiger partial charge is 0.191 e. The number of benzene rings is 1. The highest BCUT2D eigenvalue weighted by atomic mass is 32.2. The predicted molar refractivity (Wildman–Crippen MR) is 66.4 cm³/mol. The topological polar surface area (TPSA) is 54.5 Å². The van der Waals surface area contributed by atoms with Gasteiger partial charge in [-0.2, -0.15) is 5.26 Å². The summed E-state index contributed by atoms with van der Waals surface area (Å²) in [5, 5.41) is 17.7. The molecule has 0 saturated heterocycles. The molecule has 0 aliphatic carbocycles. The van der Waals surface area contributed by atoms with Crippen molar-refractivity contribution in [2.75, 3.05) is 0 Å². The summed E-state index contributed by atoms with van der Waals surface area (Å²) < 4.78 is 15.0. The second-order valence-corrected chi connectivity index (χ2v) is 4.73. The monoisotopic (exact) mass is 262 g/mol. The molecule has 2 aromatic rings. The maximum atomic E-state index is 13.1. The Morgan fingerprint density at radius 2 is 2.22 bits per heavy atom. The number of nitrogens with zero attached hydrogens (tertiary/aromatic N) is 4. The molecule has 4 nitrogen and oxygen atoms in total. The van der Waals surface area contributed by atoms with Crippen LogP contribution in [0.2, 0.25) is 0 Å². The third kappa shape index (κ3) is 2.51. The van der Waals surface area contributed by atoms with Crippen LogP contribution >= 0.6 is 11.8 Å². The molecular weight excluding hydrogens is 251 g/mol. The molecule has 0 atom stereocenters. The molecule has 1 aromatic carbocycles. The van der Waals surface area contributed by atoms with E-state index in [4.69, 9.17) is 5.26 Å². The predicted octanol–water partition coefficient (Wildman–Crippen LogP) is 2.43. The van der Waals surface area contributed by atoms with E-state index in [1.807, 2.05) is 18.5 Å². The van der Waals surface area contributed by atoms with Gasteiger partial charge in [-0.05, 0) is 30.7 Å². The van der Waals surface area contributed by atoms with Crippen molar-refractivity contribution in [3.8, 4) is 6.07 Å². The van der Waals surface area contributed by atoms with Gasteiger partial charge in [-0.1, -0.05) is 11.8 Å². The molecule has 1 aromatic heterocycles. The molecule has 0 radical (unpaired) electrons. The minimum atomic E-state index is -0.334. The van der Waals surface area contributed by atoms with Gasteiger partial charge in [0.15, 0.2) is 5.16 Å². The van der Waals surface area contributed by atoms with E-state index in [2.05, 4.69) is 16.3 Å². The van der Waals surface area contributed by atoms with E-state index in [0.29, 0.717) is 16.9 Å². The summed E-state index contributed by atoms with van der Waals surface area (Å²) >= 11 is 1.43. The first-order valence-electron chi connectivity index (χ1n) is 5.29. The molecule has 0 aliphatic rings. The molecule has 0 unspecified atom stereocenters. The van der Waals surface area contributed by atoms with Gasteiger partial charge in [0, 0.05) is 12.8 Å². The molecule has 2 rings (SSSR count). The minimum absolute atomic E-state index is 0.334. The molecule has 92 valence electrons. The number of hydrogen-bond acceptors (Lipinski definition) is 4. The van der Waals surface area contributed by atoms with Crippen molar-refractivity contribution >= 4 is 11.8 Å². The lowest BCUT2D eigenvalue weighted by Gasteiger charge is -2.04. The van der Waals surface area contributed by atoms with E-state index in [1.54, 1.807) is 0 Å². The van der Waals surface area contributed by atoms with Crippen molar-refractivity contribution in [1.82, 2.24) is 14.8 Å². The average molecular weight is 262 g/mol. The second kappa shape index (κ2) is 5.19. The van der Waals surface area contributed by atoms with Crippen LogP contribution in [0.25, 0.3) is 0 Å². The van der Waals surface area contributed by atoms with Crippen molar-refractivity contribution in [2.24, 2.45) is 7.05 Å². The summed E-state index contributed by atoms with van der Waals surface area (Å²) in [4.78, 5) is 0. The number of aromatic nitrogens is 3. The highest BCUT2D eigenvalue weighted by Crippen LogP contribution is 2.23. The molecule has 6 heteroatoms. The van der Waals surface area contributed by atoms with E-state index < -0.39 is 0 Å². The lowest BCUT2D eigenvalue weighted by Crippen LogP contribution is -1.95. The number of nitriles is 1. The lowest BCUT2D eigenvalue weighted by atomic mass is 10.1. The molecule has 1 heterocycles. The van der Waals surface area contributed by atoms with Gasteiger partial charge >= 0.3 is 0 Å². The SMILES string of the molecule is Cc1nnc(SCc2cc(F)ccc2C#N)n1C. The Bertz CT molecular complexity index is 615. The van der Waals surface area contributed by atoms with Crippen LogP contribution in [0.4, 0.5) is 4.39 Å². The van der Waals surface area contributed by atoms with Crippen LogP contribution in [0.3, 0.4) is 0 Å². The van der Waals surface area contributed by atoms with Crippen molar-refractivity contribution in [2.45, 2.75) is 17.8 Å². The van der Waals surface area contributed by atoms with Gasteiger partial charge < -0.3 is 4.57 Å². The molecule has 0 aliphatic heterocycles. The molecule has 0 N–H and O–H groups in total. The number of rotatable bonds is 3. The van der Waals surface area contributed by atoms with Crippen LogP contribution in [0.5, 0.6) is 0 Å². The first-order valence-corrected chi connectivity index (χ1v) is 6.27. The largest absolute Gasteiger partial charge is 0.309 e. The maximum Gasteiger partial charge on any atom is 0.191 e. The summed E-state index contributed by atoms with van der Waals surface area (Å²) in [6, 6.07) is 6.22. The van der Waals surface area contributed by atoms with E-state index >= 15 is 0 Å². The zero-order chi connectivity index (χ0) is 13.1. The van der Waals surface area contributed by atoms with Crippen molar-refractivity contribution < 1.29 is 4.39 Å². The van der Waals surface area contributed by atoms with E-state index in [0.717, 1.165) is 11.0 Å². The normalized spacial score (nSPS) is 10.3. The Balaban J connectivity index is 2.18. The standard InChI is InChI=1S/C12H11FN4S/c1-8-15-16-12(17(8)2)18-7-10-5-11(13)4-3-9(10)6-14/h3-5H,7H2,1-2H3. The van der Waals surface area contributed by atoms with E-state index in [1.165, 1.54) is 30.0 Å². The van der Waals surface area contributed by atoms with Gasteiger partial charge in [-0.25, -0.2) is 4.39 Å². The zero-order valence-electron chi connectivity index (χ0n) is 10.0. The molecule has 0 saturated carbocycles. The number of hydrogen-bond donors (Lipinski definition) is 0. The van der Waals surface area contributed by atoms with Gasteiger partial charge in [0.2, 0.25) is 0 Å². The minimum Gasteiger partial charge on any atom is -0.309 e. The Morgan fingerprint density at radius 1 is 1.44 bits per heavy atom. The van der Waals surface area contributed by atoms with Crippen molar-refractivity contribution in [3.05, 3.63) is 41.0 Å². The van der Waals surface area contributed by atoms with E-state index in [9.17, 15) is 4.39 Å². The summed E-state index contributed by atoms with van der Waals surface area (Å²) in [5.41, 5.74) is 1.16. The first kappa shape index (κ1) is 12.6. The fraction of sp³-hybridized carbons (Fsp3) is 0.250. The van der Waals surface area contributed by atoms with Crippen LogP contribution in [-0.4, -0.2) is 14.8 Å². The summed E-state index contributed by atoms with van der Waals surface area (Å²) in [6.45, 7) is 1.86. The summed E-state index contributed by atoms with van der Waals surface area (Å²) in [6.07, 6.45) is 0. The van der Waals surface area contributed by atoms with Gasteiger partial charge in [0.25, 0.3) is 0 Å². The molecule has 0 amide bonds. The van der Waals surface area contributed by atoms with Crippen LogP contribution in [-0.2, 0) is 12.8 Å². The third-order valence-corrected chi connectivity index (χ3v) is 3.67. The second-order valence-electron chi connectivity index (χ2n) is 3.79. The van der Waals surface area contributed by atoms with Crippen LogP contribution in [0.1, 0.15) is 17.0 Å². The molecule has 0 spiro atoms. The fourth-order valence-corrected chi connectivity index (χ4v) is 2.39. The Kier molecular flexibility index (Phi) is 3.63.